The lowest BCUT2D eigenvalue weighted by molar-refractivity contribution is -0.137. The number of hydrogen-bond donors (Lipinski definition) is 2. The summed E-state index contributed by atoms with van der Waals surface area (Å²) in [7, 11) is 0. The molecule has 1 saturated carbocycles. The van der Waals surface area contributed by atoms with Crippen molar-refractivity contribution >= 4 is 5.91 Å². The van der Waals surface area contributed by atoms with E-state index >= 15 is 0 Å². The summed E-state index contributed by atoms with van der Waals surface area (Å²) in [6.07, 6.45) is -2.03. The summed E-state index contributed by atoms with van der Waals surface area (Å²) in [6, 6.07) is 4.58. The van der Waals surface area contributed by atoms with Crippen molar-refractivity contribution in [3.05, 3.63) is 47.5 Å². The van der Waals surface area contributed by atoms with Crippen molar-refractivity contribution in [1.82, 2.24) is 20.5 Å². The maximum absolute atomic E-state index is 12.9. The third kappa shape index (κ3) is 2.93. The predicted octanol–water partition coefficient (Wildman–Crippen LogP) is 2.73. The smallest absolute Gasteiger partial charge is 0.346 e. The number of amides is 1. The Labute approximate surface area is 130 Å². The van der Waals surface area contributed by atoms with E-state index in [1.807, 2.05) is 0 Å². The molecule has 3 rings (SSSR count). The molecular weight excluding hydrogens is 309 g/mol. The lowest BCUT2D eigenvalue weighted by Gasteiger charge is -2.19. The van der Waals surface area contributed by atoms with Gasteiger partial charge >= 0.3 is 6.18 Å². The normalized spacial score (nSPS) is 17.6. The summed E-state index contributed by atoms with van der Waals surface area (Å²) in [5.41, 5.74) is -1.22. The minimum Gasteiger partial charge on any atom is -0.346 e. The molecule has 1 aliphatic rings. The molecule has 1 aromatic carbocycles. The van der Waals surface area contributed by atoms with E-state index in [2.05, 4.69) is 20.5 Å². The molecule has 0 spiro atoms. The highest BCUT2D eigenvalue weighted by atomic mass is 19.4. The first-order chi connectivity index (χ1) is 10.8. The number of benzene rings is 1. The molecule has 1 fully saturated rings. The highest BCUT2D eigenvalue weighted by Gasteiger charge is 2.52. The van der Waals surface area contributed by atoms with E-state index in [1.165, 1.54) is 12.4 Å². The van der Waals surface area contributed by atoms with Crippen LogP contribution in [0.2, 0.25) is 0 Å². The highest BCUT2D eigenvalue weighted by Crippen LogP contribution is 2.49. The number of carbonyl (C=O) groups excluding carboxylic acids is 1. The number of nitrogens with one attached hydrogen (secondary N) is 2. The summed E-state index contributed by atoms with van der Waals surface area (Å²) < 4.78 is 38.6. The quantitative estimate of drug-likeness (QED) is 0.908. The minimum atomic E-state index is -4.42. The molecule has 2 aromatic rings. The molecule has 1 atom stereocenters. The number of rotatable bonds is 4. The first kappa shape index (κ1) is 15.5. The number of alkyl halides is 3. The van der Waals surface area contributed by atoms with Crippen molar-refractivity contribution in [2.45, 2.75) is 37.4 Å². The average Bonchev–Trinajstić information content (AvgIpc) is 3.13. The van der Waals surface area contributed by atoms with Gasteiger partial charge in [0.25, 0.3) is 0 Å². The van der Waals surface area contributed by atoms with Gasteiger partial charge in [-0.15, -0.1) is 0 Å². The van der Waals surface area contributed by atoms with E-state index in [0.717, 1.165) is 12.1 Å². The van der Waals surface area contributed by atoms with Gasteiger partial charge in [-0.05, 0) is 31.4 Å². The van der Waals surface area contributed by atoms with Gasteiger partial charge in [0.15, 0.2) is 0 Å². The number of aromatic nitrogens is 3. The van der Waals surface area contributed by atoms with Gasteiger partial charge in [-0.1, -0.05) is 18.2 Å². The Morgan fingerprint density at radius 3 is 2.70 bits per heavy atom. The summed E-state index contributed by atoms with van der Waals surface area (Å²) in [5, 5.41) is 9.16. The van der Waals surface area contributed by atoms with Crippen LogP contribution in [0.1, 0.15) is 42.8 Å². The number of H-pyrrole nitrogens is 1. The third-order valence-corrected chi connectivity index (χ3v) is 4.12. The molecule has 0 radical (unpaired) electrons. The maximum atomic E-state index is 12.9. The highest BCUT2D eigenvalue weighted by molar-refractivity contribution is 5.91. The van der Waals surface area contributed by atoms with Gasteiger partial charge in [0.2, 0.25) is 5.91 Å². The molecule has 122 valence electrons. The van der Waals surface area contributed by atoms with Crippen molar-refractivity contribution in [2.24, 2.45) is 0 Å². The molecule has 8 heteroatoms. The van der Waals surface area contributed by atoms with E-state index in [1.54, 1.807) is 13.0 Å². The molecule has 0 bridgehead atoms. The molecule has 0 saturated heterocycles. The average molecular weight is 324 g/mol. The van der Waals surface area contributed by atoms with E-state index in [0.29, 0.717) is 24.2 Å². The fourth-order valence-corrected chi connectivity index (χ4v) is 2.59. The van der Waals surface area contributed by atoms with Crippen LogP contribution in [0.15, 0.2) is 30.6 Å². The van der Waals surface area contributed by atoms with Gasteiger partial charge < -0.3 is 5.32 Å². The second-order valence-corrected chi connectivity index (χ2v) is 5.73. The fourth-order valence-electron chi connectivity index (χ4n) is 2.59. The van der Waals surface area contributed by atoms with E-state index in [4.69, 9.17) is 0 Å². The molecule has 1 aliphatic carbocycles. The number of hydrogen-bond acceptors (Lipinski definition) is 3. The topological polar surface area (TPSA) is 70.7 Å². The summed E-state index contributed by atoms with van der Waals surface area (Å²) in [5.74, 6) is 0.207. The van der Waals surface area contributed by atoms with Gasteiger partial charge in [-0.2, -0.15) is 18.3 Å². The van der Waals surface area contributed by atoms with Crippen LogP contribution in [0.3, 0.4) is 0 Å². The van der Waals surface area contributed by atoms with Gasteiger partial charge in [-0.25, -0.2) is 4.98 Å². The second-order valence-electron chi connectivity index (χ2n) is 5.73. The van der Waals surface area contributed by atoms with Crippen molar-refractivity contribution in [3.63, 3.8) is 0 Å². The van der Waals surface area contributed by atoms with E-state index in [-0.39, 0.29) is 5.91 Å². The minimum absolute atomic E-state index is 0.291. The lowest BCUT2D eigenvalue weighted by Crippen LogP contribution is -2.36. The van der Waals surface area contributed by atoms with Gasteiger partial charge in [0, 0.05) is 0 Å². The molecule has 23 heavy (non-hydrogen) atoms. The largest absolute Gasteiger partial charge is 0.416 e. The fraction of sp³-hybridized carbons (Fsp3) is 0.400. The SMILES string of the molecule is C[C@@H](NC(=O)C1(c2cccc(C(F)(F)F)c2)CC1)c1ncn[nH]1. The van der Waals surface area contributed by atoms with Gasteiger partial charge in [0.05, 0.1) is 17.0 Å². The summed E-state index contributed by atoms with van der Waals surface area (Å²) in [6.45, 7) is 1.74. The van der Waals surface area contributed by atoms with Crippen LogP contribution in [0.5, 0.6) is 0 Å². The number of carbonyl (C=O) groups is 1. The Balaban J connectivity index is 1.81. The Kier molecular flexibility index (Phi) is 3.62. The first-order valence-electron chi connectivity index (χ1n) is 7.17. The maximum Gasteiger partial charge on any atom is 0.416 e. The standard InChI is InChI=1S/C15H15F3N4O/c1-9(12-19-8-20-22-12)21-13(23)14(5-6-14)10-3-2-4-11(7-10)15(16,17)18/h2-4,7-9H,5-6H2,1H3,(H,21,23)(H,19,20,22)/t9-/m1/s1. The van der Waals surface area contributed by atoms with Crippen molar-refractivity contribution in [1.29, 1.82) is 0 Å². The monoisotopic (exact) mass is 324 g/mol. The molecule has 1 amide bonds. The van der Waals surface area contributed by atoms with Crippen LogP contribution in [0.4, 0.5) is 13.2 Å². The van der Waals surface area contributed by atoms with Crippen LogP contribution < -0.4 is 5.32 Å². The second kappa shape index (κ2) is 5.36. The zero-order valence-electron chi connectivity index (χ0n) is 12.3. The van der Waals surface area contributed by atoms with Crippen LogP contribution in [0, 0.1) is 0 Å². The van der Waals surface area contributed by atoms with Crippen LogP contribution in [0.25, 0.3) is 0 Å². The molecule has 1 aromatic heterocycles. The van der Waals surface area contributed by atoms with Crippen molar-refractivity contribution in [2.75, 3.05) is 0 Å². The van der Waals surface area contributed by atoms with Crippen LogP contribution in [-0.4, -0.2) is 21.1 Å². The van der Waals surface area contributed by atoms with E-state index in [9.17, 15) is 18.0 Å². The van der Waals surface area contributed by atoms with Crippen LogP contribution in [-0.2, 0) is 16.4 Å². The van der Waals surface area contributed by atoms with E-state index < -0.39 is 23.2 Å². The summed E-state index contributed by atoms with van der Waals surface area (Å²) in [4.78, 5) is 16.5. The third-order valence-electron chi connectivity index (χ3n) is 4.12. The molecule has 0 unspecified atom stereocenters. The molecular formula is C15H15F3N4O. The Morgan fingerprint density at radius 2 is 2.13 bits per heavy atom. The Morgan fingerprint density at radius 1 is 1.39 bits per heavy atom. The lowest BCUT2D eigenvalue weighted by atomic mass is 9.93. The Bertz CT molecular complexity index is 708. The molecule has 0 aliphatic heterocycles. The van der Waals surface area contributed by atoms with Crippen LogP contribution >= 0.6 is 0 Å². The Hall–Kier alpha value is -2.38. The number of aromatic amines is 1. The van der Waals surface area contributed by atoms with Crippen molar-refractivity contribution in [3.8, 4) is 0 Å². The zero-order valence-corrected chi connectivity index (χ0v) is 12.3. The molecule has 5 nitrogen and oxygen atoms in total. The predicted molar refractivity (Wildman–Crippen MR) is 75.3 cm³/mol. The van der Waals surface area contributed by atoms with Crippen molar-refractivity contribution < 1.29 is 18.0 Å². The summed E-state index contributed by atoms with van der Waals surface area (Å²) >= 11 is 0. The van der Waals surface area contributed by atoms with Gasteiger partial charge in [-0.3, -0.25) is 9.89 Å². The molecule has 2 N–H and O–H groups in total. The number of halogens is 3. The van der Waals surface area contributed by atoms with Gasteiger partial charge in [0.1, 0.15) is 12.2 Å². The number of nitrogens with zero attached hydrogens (tertiary/aromatic N) is 2. The molecule has 1 heterocycles. The first-order valence-corrected chi connectivity index (χ1v) is 7.17. The zero-order chi connectivity index (χ0) is 16.7.